The molecule has 0 saturated heterocycles. The second-order valence-electron chi connectivity index (χ2n) is 2.27. The summed E-state index contributed by atoms with van der Waals surface area (Å²) in [5.41, 5.74) is 6.22. The van der Waals surface area contributed by atoms with Gasteiger partial charge in [-0.15, -0.1) is 0 Å². The van der Waals surface area contributed by atoms with Crippen LogP contribution in [0.2, 0.25) is 0 Å². The Kier molecular flexibility index (Phi) is 3.41. The van der Waals surface area contributed by atoms with Crippen molar-refractivity contribution >= 4 is 0 Å². The highest BCUT2D eigenvalue weighted by molar-refractivity contribution is 4.83. The molecule has 0 fully saturated rings. The molecule has 0 aromatic carbocycles. The third-order valence-corrected chi connectivity index (χ3v) is 1.43. The molecule has 2 heteroatoms. The third-order valence-electron chi connectivity index (χ3n) is 1.43. The SMILES string of the molecule is C1=CCNNCCCC1. The summed E-state index contributed by atoms with van der Waals surface area (Å²) in [6.07, 6.45) is 8.23. The monoisotopic (exact) mass is 126 g/mol. The Morgan fingerprint density at radius 3 is 3.00 bits per heavy atom. The summed E-state index contributed by atoms with van der Waals surface area (Å²) in [6.45, 7) is 2.06. The van der Waals surface area contributed by atoms with Crippen LogP contribution in [0.25, 0.3) is 0 Å². The normalized spacial score (nSPS) is 22.2. The Labute approximate surface area is 56.3 Å². The topological polar surface area (TPSA) is 24.1 Å². The molecule has 0 aromatic rings. The molecule has 0 amide bonds. The van der Waals surface area contributed by atoms with Crippen LogP contribution in [-0.4, -0.2) is 13.1 Å². The van der Waals surface area contributed by atoms with E-state index >= 15 is 0 Å². The molecule has 0 spiro atoms. The molecule has 52 valence electrons. The number of allylic oxidation sites excluding steroid dienone is 1. The molecule has 2 nitrogen and oxygen atoms in total. The zero-order valence-corrected chi connectivity index (χ0v) is 5.69. The first-order valence-electron chi connectivity index (χ1n) is 3.61. The van der Waals surface area contributed by atoms with Crippen LogP contribution in [0, 0.1) is 0 Å². The lowest BCUT2D eigenvalue weighted by Gasteiger charge is -2.00. The van der Waals surface area contributed by atoms with Gasteiger partial charge in [-0.2, -0.15) is 0 Å². The fourth-order valence-electron chi connectivity index (χ4n) is 0.896. The van der Waals surface area contributed by atoms with Crippen molar-refractivity contribution in [3.05, 3.63) is 12.2 Å². The van der Waals surface area contributed by atoms with Gasteiger partial charge in [0.15, 0.2) is 0 Å². The lowest BCUT2D eigenvalue weighted by Crippen LogP contribution is -2.32. The van der Waals surface area contributed by atoms with E-state index in [1.165, 1.54) is 19.3 Å². The highest BCUT2D eigenvalue weighted by Crippen LogP contribution is 1.95. The zero-order valence-electron chi connectivity index (χ0n) is 5.69. The summed E-state index contributed by atoms with van der Waals surface area (Å²) in [4.78, 5) is 0. The summed E-state index contributed by atoms with van der Waals surface area (Å²) >= 11 is 0. The Hall–Kier alpha value is -0.340. The molecular formula is C7H14N2. The van der Waals surface area contributed by atoms with Crippen LogP contribution >= 0.6 is 0 Å². The molecule has 1 aliphatic heterocycles. The van der Waals surface area contributed by atoms with Gasteiger partial charge in [0.25, 0.3) is 0 Å². The predicted octanol–water partition coefficient (Wildman–Crippen LogP) is 0.821. The van der Waals surface area contributed by atoms with Crippen molar-refractivity contribution in [3.8, 4) is 0 Å². The van der Waals surface area contributed by atoms with Crippen molar-refractivity contribution in [2.24, 2.45) is 0 Å². The minimum absolute atomic E-state index is 0.958. The Morgan fingerprint density at radius 1 is 1.00 bits per heavy atom. The largest absolute Gasteiger partial charge is 0.258 e. The van der Waals surface area contributed by atoms with Gasteiger partial charge in [0.2, 0.25) is 0 Å². The standard InChI is InChI=1S/C7H14N2/c1-2-4-6-8-9-7-5-3-1/h2,4,8-9H,1,3,5-7H2. The summed E-state index contributed by atoms with van der Waals surface area (Å²) in [5.74, 6) is 0. The maximum absolute atomic E-state index is 3.13. The molecule has 1 rings (SSSR count). The fraction of sp³-hybridized carbons (Fsp3) is 0.714. The van der Waals surface area contributed by atoms with Crippen LogP contribution < -0.4 is 10.9 Å². The molecular weight excluding hydrogens is 112 g/mol. The molecule has 1 aliphatic rings. The van der Waals surface area contributed by atoms with Crippen molar-refractivity contribution in [2.45, 2.75) is 19.3 Å². The Bertz CT molecular complexity index is 78.9. The second-order valence-corrected chi connectivity index (χ2v) is 2.27. The van der Waals surface area contributed by atoms with E-state index in [0.29, 0.717) is 0 Å². The molecule has 0 aromatic heterocycles. The van der Waals surface area contributed by atoms with Crippen LogP contribution in [0.3, 0.4) is 0 Å². The van der Waals surface area contributed by atoms with Crippen LogP contribution in [0.1, 0.15) is 19.3 Å². The van der Waals surface area contributed by atoms with Gasteiger partial charge < -0.3 is 0 Å². The van der Waals surface area contributed by atoms with Gasteiger partial charge in [0, 0.05) is 13.1 Å². The smallest absolute Gasteiger partial charge is 0.0280 e. The van der Waals surface area contributed by atoms with E-state index in [4.69, 9.17) is 0 Å². The highest BCUT2D eigenvalue weighted by Gasteiger charge is 1.88. The van der Waals surface area contributed by atoms with E-state index in [2.05, 4.69) is 23.0 Å². The molecule has 0 atom stereocenters. The van der Waals surface area contributed by atoms with Gasteiger partial charge in [-0.25, -0.2) is 0 Å². The highest BCUT2D eigenvalue weighted by atomic mass is 15.3. The molecule has 1 heterocycles. The van der Waals surface area contributed by atoms with E-state index < -0.39 is 0 Å². The summed E-state index contributed by atoms with van der Waals surface area (Å²) in [5, 5.41) is 0. The molecule has 9 heavy (non-hydrogen) atoms. The molecule has 0 unspecified atom stereocenters. The number of nitrogens with one attached hydrogen (secondary N) is 2. The van der Waals surface area contributed by atoms with E-state index in [1.807, 2.05) is 0 Å². The average Bonchev–Trinajstić information content (AvgIpc) is 2.00. The summed E-state index contributed by atoms with van der Waals surface area (Å²) in [7, 11) is 0. The number of rotatable bonds is 0. The first-order chi connectivity index (χ1) is 4.50. The van der Waals surface area contributed by atoms with Crippen molar-refractivity contribution in [1.82, 2.24) is 10.9 Å². The van der Waals surface area contributed by atoms with Crippen LogP contribution in [0.5, 0.6) is 0 Å². The van der Waals surface area contributed by atoms with Gasteiger partial charge in [-0.3, -0.25) is 10.9 Å². The van der Waals surface area contributed by atoms with E-state index in [1.54, 1.807) is 0 Å². The van der Waals surface area contributed by atoms with Gasteiger partial charge in [0.1, 0.15) is 0 Å². The molecule has 2 N–H and O–H groups in total. The Balaban J connectivity index is 2.15. The molecule has 0 bridgehead atoms. The number of hydrazine groups is 1. The molecule has 0 radical (unpaired) electrons. The van der Waals surface area contributed by atoms with Gasteiger partial charge in [-0.1, -0.05) is 12.2 Å². The Morgan fingerprint density at radius 2 is 2.00 bits per heavy atom. The van der Waals surface area contributed by atoms with Crippen molar-refractivity contribution in [2.75, 3.05) is 13.1 Å². The molecule has 0 aliphatic carbocycles. The zero-order chi connectivity index (χ0) is 6.36. The lowest BCUT2D eigenvalue weighted by atomic mass is 10.2. The third kappa shape index (κ3) is 3.27. The first-order valence-corrected chi connectivity index (χ1v) is 3.61. The van der Waals surface area contributed by atoms with Crippen LogP contribution in [0.15, 0.2) is 12.2 Å². The van der Waals surface area contributed by atoms with Crippen molar-refractivity contribution in [3.63, 3.8) is 0 Å². The minimum Gasteiger partial charge on any atom is -0.258 e. The summed E-state index contributed by atoms with van der Waals surface area (Å²) in [6, 6.07) is 0. The number of hydrogen-bond acceptors (Lipinski definition) is 2. The maximum atomic E-state index is 3.13. The lowest BCUT2D eigenvalue weighted by molar-refractivity contribution is 0.548. The average molecular weight is 126 g/mol. The summed E-state index contributed by atoms with van der Waals surface area (Å²) < 4.78 is 0. The van der Waals surface area contributed by atoms with Crippen LogP contribution in [0.4, 0.5) is 0 Å². The van der Waals surface area contributed by atoms with Gasteiger partial charge in [-0.05, 0) is 19.3 Å². The van der Waals surface area contributed by atoms with Crippen LogP contribution in [-0.2, 0) is 0 Å². The minimum atomic E-state index is 0.958. The van der Waals surface area contributed by atoms with E-state index in [9.17, 15) is 0 Å². The maximum Gasteiger partial charge on any atom is 0.0280 e. The van der Waals surface area contributed by atoms with Crippen molar-refractivity contribution in [1.29, 1.82) is 0 Å². The van der Waals surface area contributed by atoms with E-state index in [-0.39, 0.29) is 0 Å². The van der Waals surface area contributed by atoms with Crippen molar-refractivity contribution < 1.29 is 0 Å². The first kappa shape index (κ1) is 6.78. The molecule has 0 saturated carbocycles. The van der Waals surface area contributed by atoms with Gasteiger partial charge in [0.05, 0.1) is 0 Å². The quantitative estimate of drug-likeness (QED) is 0.470. The number of hydrogen-bond donors (Lipinski definition) is 2. The van der Waals surface area contributed by atoms with Gasteiger partial charge >= 0.3 is 0 Å². The second kappa shape index (κ2) is 4.53. The van der Waals surface area contributed by atoms with E-state index in [0.717, 1.165) is 13.1 Å². The predicted molar refractivity (Wildman–Crippen MR) is 39.0 cm³/mol. The fourth-order valence-corrected chi connectivity index (χ4v) is 0.896.